The van der Waals surface area contributed by atoms with E-state index < -0.39 is 0 Å². The molecule has 1 aromatic carbocycles. The number of aromatic nitrogens is 1. The fraction of sp³-hybridized carbons (Fsp3) is 0.214. The van der Waals surface area contributed by atoms with Crippen molar-refractivity contribution in [2.45, 2.75) is 13.3 Å². The predicted octanol–water partition coefficient (Wildman–Crippen LogP) is 2.31. The first-order chi connectivity index (χ1) is 9.58. The van der Waals surface area contributed by atoms with Crippen LogP contribution in [0.3, 0.4) is 0 Å². The van der Waals surface area contributed by atoms with Gasteiger partial charge in [-0.25, -0.2) is 0 Å². The number of rotatable bonds is 5. The molecule has 0 saturated heterocycles. The van der Waals surface area contributed by atoms with E-state index in [1.165, 1.54) is 0 Å². The molecule has 2 rings (SSSR count). The molecule has 0 spiro atoms. The Balaban J connectivity index is 2.26. The van der Waals surface area contributed by atoms with Crippen LogP contribution in [0.5, 0.6) is 0 Å². The Bertz CT molecular complexity index is 610. The van der Waals surface area contributed by atoms with E-state index in [2.05, 4.69) is 5.16 Å². The summed E-state index contributed by atoms with van der Waals surface area (Å²) in [6.45, 7) is 2.15. The van der Waals surface area contributed by atoms with Gasteiger partial charge >= 0.3 is 0 Å². The van der Waals surface area contributed by atoms with Crippen molar-refractivity contribution in [3.8, 4) is 0 Å². The van der Waals surface area contributed by atoms with Gasteiger partial charge in [0.2, 0.25) is 0 Å². The van der Waals surface area contributed by atoms with Crippen molar-refractivity contribution >= 4 is 28.8 Å². The average molecular weight is 289 g/mol. The molecular weight excluding hydrogens is 274 g/mol. The van der Waals surface area contributed by atoms with Crippen LogP contribution in [0.1, 0.15) is 22.7 Å². The predicted molar refractivity (Wildman–Crippen MR) is 80.8 cm³/mol. The summed E-state index contributed by atoms with van der Waals surface area (Å²) in [6, 6.07) is 10.9. The molecule has 104 valence electrons. The minimum atomic E-state index is -0.232. The SMILES string of the molecule is Cc1cc(C(=O)N(CCC(N)=S)c2ccccc2)no1. The number of aryl methyl sites for hydroxylation is 1. The Morgan fingerprint density at radius 3 is 2.65 bits per heavy atom. The van der Waals surface area contributed by atoms with Gasteiger partial charge in [-0.05, 0) is 19.1 Å². The van der Waals surface area contributed by atoms with Gasteiger partial charge < -0.3 is 15.2 Å². The van der Waals surface area contributed by atoms with E-state index in [1.807, 2.05) is 30.3 Å². The van der Waals surface area contributed by atoms with Gasteiger partial charge in [-0.3, -0.25) is 4.79 Å². The van der Waals surface area contributed by atoms with Crippen LogP contribution in [0.25, 0.3) is 0 Å². The highest BCUT2D eigenvalue weighted by Gasteiger charge is 2.20. The number of benzene rings is 1. The molecule has 0 aliphatic heterocycles. The van der Waals surface area contributed by atoms with Gasteiger partial charge in [0.25, 0.3) is 5.91 Å². The lowest BCUT2D eigenvalue weighted by Gasteiger charge is -2.21. The maximum atomic E-state index is 12.5. The maximum Gasteiger partial charge on any atom is 0.280 e. The highest BCUT2D eigenvalue weighted by atomic mass is 32.1. The van der Waals surface area contributed by atoms with Gasteiger partial charge in [-0.15, -0.1) is 0 Å². The molecule has 1 amide bonds. The fourth-order valence-corrected chi connectivity index (χ4v) is 1.87. The van der Waals surface area contributed by atoms with Crippen LogP contribution in [-0.2, 0) is 0 Å². The molecule has 2 aromatic rings. The summed E-state index contributed by atoms with van der Waals surface area (Å²) in [6.07, 6.45) is 0.451. The number of hydrogen-bond acceptors (Lipinski definition) is 4. The molecule has 0 unspecified atom stereocenters. The topological polar surface area (TPSA) is 72.4 Å². The second-order valence-electron chi connectivity index (χ2n) is 4.33. The lowest BCUT2D eigenvalue weighted by atomic mass is 10.2. The summed E-state index contributed by atoms with van der Waals surface area (Å²) in [7, 11) is 0. The van der Waals surface area contributed by atoms with E-state index in [9.17, 15) is 4.79 Å². The third-order valence-electron chi connectivity index (χ3n) is 2.74. The maximum absolute atomic E-state index is 12.5. The third kappa shape index (κ3) is 3.42. The van der Waals surface area contributed by atoms with E-state index in [0.29, 0.717) is 23.7 Å². The number of carbonyl (C=O) groups is 1. The molecule has 0 aliphatic rings. The third-order valence-corrected chi connectivity index (χ3v) is 2.95. The van der Waals surface area contributed by atoms with Gasteiger partial charge in [0.05, 0.1) is 4.99 Å². The monoisotopic (exact) mass is 289 g/mol. The van der Waals surface area contributed by atoms with E-state index >= 15 is 0 Å². The first-order valence-corrected chi connectivity index (χ1v) is 6.57. The molecule has 2 N–H and O–H groups in total. The van der Waals surface area contributed by atoms with Gasteiger partial charge in [0.1, 0.15) is 5.76 Å². The Hall–Kier alpha value is -2.21. The molecule has 0 saturated carbocycles. The van der Waals surface area contributed by atoms with Gasteiger partial charge in [0, 0.05) is 24.7 Å². The van der Waals surface area contributed by atoms with Crippen molar-refractivity contribution in [2.24, 2.45) is 5.73 Å². The Morgan fingerprint density at radius 1 is 1.40 bits per heavy atom. The van der Waals surface area contributed by atoms with Crippen molar-refractivity contribution in [3.63, 3.8) is 0 Å². The van der Waals surface area contributed by atoms with Crippen LogP contribution in [0.15, 0.2) is 40.9 Å². The molecule has 20 heavy (non-hydrogen) atoms. The molecule has 0 atom stereocenters. The smallest absolute Gasteiger partial charge is 0.280 e. The van der Waals surface area contributed by atoms with Gasteiger partial charge in [-0.2, -0.15) is 0 Å². The second kappa shape index (κ2) is 6.29. The molecule has 1 heterocycles. The average Bonchev–Trinajstić information content (AvgIpc) is 2.86. The number of anilines is 1. The van der Waals surface area contributed by atoms with Gasteiger partial charge in [0.15, 0.2) is 5.69 Å². The molecule has 6 heteroatoms. The molecule has 1 aromatic heterocycles. The number of para-hydroxylation sites is 1. The Morgan fingerprint density at radius 2 is 2.10 bits per heavy atom. The summed E-state index contributed by atoms with van der Waals surface area (Å²) in [5.41, 5.74) is 6.57. The summed E-state index contributed by atoms with van der Waals surface area (Å²) >= 11 is 4.88. The van der Waals surface area contributed by atoms with Crippen LogP contribution in [0, 0.1) is 6.92 Å². The Labute approximate surface area is 122 Å². The van der Waals surface area contributed by atoms with Crippen LogP contribution in [0.2, 0.25) is 0 Å². The number of hydrogen-bond donors (Lipinski definition) is 1. The quantitative estimate of drug-likeness (QED) is 0.855. The van der Waals surface area contributed by atoms with Crippen LogP contribution in [-0.4, -0.2) is 22.6 Å². The van der Waals surface area contributed by atoms with E-state index in [-0.39, 0.29) is 11.6 Å². The van der Waals surface area contributed by atoms with E-state index in [0.717, 1.165) is 5.69 Å². The number of nitrogens with two attached hydrogens (primary N) is 1. The number of amides is 1. The van der Waals surface area contributed by atoms with Gasteiger partial charge in [-0.1, -0.05) is 35.6 Å². The Kier molecular flexibility index (Phi) is 4.47. The highest BCUT2D eigenvalue weighted by molar-refractivity contribution is 7.80. The number of thiocarbonyl (C=S) groups is 1. The molecule has 0 bridgehead atoms. The summed E-state index contributed by atoms with van der Waals surface area (Å²) in [5.74, 6) is 0.361. The minimum absolute atomic E-state index is 0.232. The van der Waals surface area contributed by atoms with Crippen molar-refractivity contribution < 1.29 is 9.32 Å². The van der Waals surface area contributed by atoms with Crippen molar-refractivity contribution in [1.82, 2.24) is 5.16 Å². The number of carbonyl (C=O) groups excluding carboxylic acids is 1. The largest absolute Gasteiger partial charge is 0.393 e. The lowest BCUT2D eigenvalue weighted by Crippen LogP contribution is -2.34. The van der Waals surface area contributed by atoms with Crippen LogP contribution >= 0.6 is 12.2 Å². The lowest BCUT2D eigenvalue weighted by molar-refractivity contribution is 0.0979. The molecule has 0 fully saturated rings. The van der Waals surface area contributed by atoms with Crippen molar-refractivity contribution in [1.29, 1.82) is 0 Å². The summed E-state index contributed by atoms with van der Waals surface area (Å²) < 4.78 is 4.95. The second-order valence-corrected chi connectivity index (χ2v) is 4.86. The number of nitrogens with zero attached hydrogens (tertiary/aromatic N) is 2. The molecular formula is C14H15N3O2S. The van der Waals surface area contributed by atoms with Crippen LogP contribution < -0.4 is 10.6 Å². The highest BCUT2D eigenvalue weighted by Crippen LogP contribution is 2.17. The van der Waals surface area contributed by atoms with E-state index in [1.54, 1.807) is 17.9 Å². The van der Waals surface area contributed by atoms with Crippen LogP contribution in [0.4, 0.5) is 5.69 Å². The summed E-state index contributed by atoms with van der Waals surface area (Å²) in [5, 5.41) is 3.76. The zero-order chi connectivity index (χ0) is 14.5. The first-order valence-electron chi connectivity index (χ1n) is 6.16. The van der Waals surface area contributed by atoms with Crippen molar-refractivity contribution in [2.75, 3.05) is 11.4 Å². The molecule has 0 aliphatic carbocycles. The minimum Gasteiger partial charge on any atom is -0.393 e. The first kappa shape index (κ1) is 14.2. The van der Waals surface area contributed by atoms with E-state index in [4.69, 9.17) is 22.5 Å². The fourth-order valence-electron chi connectivity index (χ4n) is 1.78. The zero-order valence-corrected chi connectivity index (χ0v) is 11.9. The molecule has 0 radical (unpaired) electrons. The molecule has 5 nitrogen and oxygen atoms in total. The zero-order valence-electron chi connectivity index (χ0n) is 11.1. The van der Waals surface area contributed by atoms with Crippen molar-refractivity contribution in [3.05, 3.63) is 47.9 Å². The standard InChI is InChI=1S/C14H15N3O2S/c1-10-9-12(16-19-10)14(18)17(8-7-13(15)20)11-5-3-2-4-6-11/h2-6,9H,7-8H2,1H3,(H2,15,20). The summed E-state index contributed by atoms with van der Waals surface area (Å²) in [4.78, 5) is 14.5. The normalized spacial score (nSPS) is 10.2.